The summed E-state index contributed by atoms with van der Waals surface area (Å²) in [5.41, 5.74) is 0.881. The first-order chi connectivity index (χ1) is 7.19. The van der Waals surface area contributed by atoms with E-state index in [9.17, 15) is 4.79 Å². The van der Waals surface area contributed by atoms with Crippen LogP contribution in [0.4, 0.5) is 0 Å². The van der Waals surface area contributed by atoms with Crippen LogP contribution in [0.25, 0.3) is 0 Å². The molecule has 80 valence electrons. The molecule has 0 aliphatic heterocycles. The molecule has 0 saturated heterocycles. The van der Waals surface area contributed by atoms with Crippen molar-refractivity contribution in [3.8, 4) is 0 Å². The highest BCUT2D eigenvalue weighted by Gasteiger charge is 2.44. The SMILES string of the molecule is O=C(CCl)C1(c2ccc(I)cc2)CCC1. The Morgan fingerprint density at radius 2 is 1.93 bits per heavy atom. The number of hydrogen-bond acceptors (Lipinski definition) is 1. The molecule has 1 nitrogen and oxygen atoms in total. The van der Waals surface area contributed by atoms with Gasteiger partial charge in [-0.1, -0.05) is 18.6 Å². The molecule has 0 bridgehead atoms. The van der Waals surface area contributed by atoms with Gasteiger partial charge in [-0.15, -0.1) is 11.6 Å². The van der Waals surface area contributed by atoms with Gasteiger partial charge < -0.3 is 0 Å². The first-order valence-corrected chi connectivity index (χ1v) is 6.66. The standard InChI is InChI=1S/C12H12ClIO/c13-8-11(15)12(6-1-7-12)9-2-4-10(14)5-3-9/h2-5H,1,6-8H2. The van der Waals surface area contributed by atoms with Gasteiger partial charge in [0.05, 0.1) is 11.3 Å². The minimum Gasteiger partial charge on any atom is -0.297 e. The van der Waals surface area contributed by atoms with Crippen molar-refractivity contribution in [2.24, 2.45) is 0 Å². The summed E-state index contributed by atoms with van der Waals surface area (Å²) in [6.45, 7) is 0. The Balaban J connectivity index is 2.34. The molecular weight excluding hydrogens is 322 g/mol. The number of carbonyl (C=O) groups is 1. The zero-order valence-electron chi connectivity index (χ0n) is 8.30. The molecule has 0 atom stereocenters. The van der Waals surface area contributed by atoms with Crippen molar-refractivity contribution < 1.29 is 4.79 Å². The second-order valence-corrected chi connectivity index (χ2v) is 5.51. The predicted octanol–water partition coefficient (Wildman–Crippen LogP) is 3.52. The van der Waals surface area contributed by atoms with E-state index < -0.39 is 0 Å². The lowest BCUT2D eigenvalue weighted by Crippen LogP contribution is -2.43. The zero-order valence-corrected chi connectivity index (χ0v) is 11.2. The average Bonchev–Trinajstić information content (AvgIpc) is 2.19. The van der Waals surface area contributed by atoms with Crippen molar-refractivity contribution in [2.45, 2.75) is 24.7 Å². The van der Waals surface area contributed by atoms with Gasteiger partial charge in [-0.3, -0.25) is 4.79 Å². The van der Waals surface area contributed by atoms with Crippen LogP contribution in [0.2, 0.25) is 0 Å². The highest BCUT2D eigenvalue weighted by Crippen LogP contribution is 2.44. The second kappa shape index (κ2) is 4.42. The maximum absolute atomic E-state index is 11.9. The van der Waals surface area contributed by atoms with Gasteiger partial charge >= 0.3 is 0 Å². The van der Waals surface area contributed by atoms with Gasteiger partial charge in [0.2, 0.25) is 0 Å². The monoisotopic (exact) mass is 334 g/mol. The minimum atomic E-state index is -0.258. The van der Waals surface area contributed by atoms with Gasteiger partial charge in [-0.25, -0.2) is 0 Å². The van der Waals surface area contributed by atoms with Crippen LogP contribution < -0.4 is 0 Å². The summed E-state index contributed by atoms with van der Waals surface area (Å²) in [6, 6.07) is 8.23. The largest absolute Gasteiger partial charge is 0.297 e. The van der Waals surface area contributed by atoms with Crippen molar-refractivity contribution in [1.82, 2.24) is 0 Å². The first kappa shape index (κ1) is 11.4. The van der Waals surface area contributed by atoms with E-state index in [2.05, 4.69) is 46.9 Å². The maximum atomic E-state index is 11.9. The van der Waals surface area contributed by atoms with Gasteiger partial charge in [0.1, 0.15) is 0 Å². The molecular formula is C12H12ClIO. The normalized spacial score (nSPS) is 18.3. The molecule has 1 aromatic rings. The summed E-state index contributed by atoms with van der Waals surface area (Å²) in [5.74, 6) is 0.308. The van der Waals surface area contributed by atoms with E-state index >= 15 is 0 Å². The number of Topliss-reactive ketones (excluding diaryl/α,β-unsaturated/α-hetero) is 1. The Kier molecular flexibility index (Phi) is 3.36. The predicted molar refractivity (Wildman–Crippen MR) is 70.4 cm³/mol. The quantitative estimate of drug-likeness (QED) is 0.610. The minimum absolute atomic E-state index is 0.131. The summed E-state index contributed by atoms with van der Waals surface area (Å²) < 4.78 is 1.20. The molecule has 0 unspecified atom stereocenters. The van der Waals surface area contributed by atoms with Crippen LogP contribution in [0.5, 0.6) is 0 Å². The first-order valence-electron chi connectivity index (χ1n) is 5.04. The highest BCUT2D eigenvalue weighted by atomic mass is 127. The molecule has 1 aromatic carbocycles. The van der Waals surface area contributed by atoms with E-state index in [4.69, 9.17) is 11.6 Å². The van der Waals surface area contributed by atoms with Crippen molar-refractivity contribution in [1.29, 1.82) is 0 Å². The number of benzene rings is 1. The van der Waals surface area contributed by atoms with E-state index in [1.54, 1.807) is 0 Å². The summed E-state index contributed by atoms with van der Waals surface area (Å²) in [7, 11) is 0. The summed E-state index contributed by atoms with van der Waals surface area (Å²) in [4.78, 5) is 11.9. The fraction of sp³-hybridized carbons (Fsp3) is 0.417. The van der Waals surface area contributed by atoms with Gasteiger partial charge in [0.25, 0.3) is 0 Å². The molecule has 0 N–H and O–H groups in total. The smallest absolute Gasteiger partial charge is 0.158 e. The van der Waals surface area contributed by atoms with Crippen LogP contribution in [0.15, 0.2) is 24.3 Å². The van der Waals surface area contributed by atoms with Crippen molar-refractivity contribution in [3.05, 3.63) is 33.4 Å². The Bertz CT molecular complexity index is 368. The molecule has 1 fully saturated rings. The van der Waals surface area contributed by atoms with Crippen LogP contribution >= 0.6 is 34.2 Å². The van der Waals surface area contributed by atoms with Crippen LogP contribution in [0, 0.1) is 3.57 Å². The van der Waals surface area contributed by atoms with E-state index in [1.807, 2.05) is 0 Å². The van der Waals surface area contributed by atoms with Gasteiger partial charge in [-0.05, 0) is 53.1 Å². The third-order valence-corrected chi connectivity index (χ3v) is 4.22. The van der Waals surface area contributed by atoms with Crippen LogP contribution in [-0.4, -0.2) is 11.7 Å². The number of halogens is 2. The fourth-order valence-electron chi connectivity index (χ4n) is 2.16. The molecule has 1 aliphatic rings. The van der Waals surface area contributed by atoms with E-state index in [0.717, 1.165) is 24.8 Å². The Hall–Kier alpha value is -0.0900. The molecule has 15 heavy (non-hydrogen) atoms. The van der Waals surface area contributed by atoms with Crippen molar-refractivity contribution >= 4 is 40.0 Å². The fourth-order valence-corrected chi connectivity index (χ4v) is 2.77. The molecule has 0 aromatic heterocycles. The number of carbonyl (C=O) groups excluding carboxylic acids is 1. The van der Waals surface area contributed by atoms with E-state index in [0.29, 0.717) is 0 Å². The molecule has 3 heteroatoms. The second-order valence-electron chi connectivity index (χ2n) is 4.00. The third-order valence-electron chi connectivity index (χ3n) is 3.26. The summed E-state index contributed by atoms with van der Waals surface area (Å²) in [6.07, 6.45) is 3.05. The molecule has 0 amide bonds. The van der Waals surface area contributed by atoms with Crippen LogP contribution in [0.1, 0.15) is 24.8 Å². The molecule has 0 spiro atoms. The van der Waals surface area contributed by atoms with Crippen molar-refractivity contribution in [2.75, 3.05) is 5.88 Å². The van der Waals surface area contributed by atoms with Crippen LogP contribution in [-0.2, 0) is 10.2 Å². The number of hydrogen-bond donors (Lipinski definition) is 0. The molecule has 0 heterocycles. The number of rotatable bonds is 3. The lowest BCUT2D eigenvalue weighted by Gasteiger charge is -2.40. The van der Waals surface area contributed by atoms with Gasteiger partial charge in [0, 0.05) is 3.57 Å². The topological polar surface area (TPSA) is 17.1 Å². The third kappa shape index (κ3) is 1.94. The maximum Gasteiger partial charge on any atom is 0.158 e. The van der Waals surface area contributed by atoms with E-state index in [1.165, 1.54) is 3.57 Å². The van der Waals surface area contributed by atoms with Gasteiger partial charge in [-0.2, -0.15) is 0 Å². The van der Waals surface area contributed by atoms with Gasteiger partial charge in [0.15, 0.2) is 5.78 Å². The molecule has 1 aliphatic carbocycles. The Labute approximate surface area is 108 Å². The van der Waals surface area contributed by atoms with Crippen molar-refractivity contribution in [3.63, 3.8) is 0 Å². The van der Waals surface area contributed by atoms with Crippen LogP contribution in [0.3, 0.4) is 0 Å². The lowest BCUT2D eigenvalue weighted by atomic mass is 9.62. The summed E-state index contributed by atoms with van der Waals surface area (Å²) >= 11 is 7.95. The average molecular weight is 335 g/mol. The number of alkyl halides is 1. The Morgan fingerprint density at radius 3 is 2.33 bits per heavy atom. The zero-order chi connectivity index (χ0) is 10.9. The Morgan fingerprint density at radius 1 is 1.33 bits per heavy atom. The molecule has 2 rings (SSSR count). The molecule has 0 radical (unpaired) electrons. The highest BCUT2D eigenvalue weighted by molar-refractivity contribution is 14.1. The van der Waals surface area contributed by atoms with E-state index in [-0.39, 0.29) is 17.1 Å². The summed E-state index contributed by atoms with van der Waals surface area (Å²) in [5, 5.41) is 0. The molecule has 1 saturated carbocycles. The number of ketones is 1. The lowest BCUT2D eigenvalue weighted by molar-refractivity contribution is -0.125.